The SMILES string of the molecule is CCNC(=O)c1ccc(N)c(N(CC)C2CCCCC2)c1. The van der Waals surface area contributed by atoms with E-state index in [0.29, 0.717) is 18.2 Å². The maximum Gasteiger partial charge on any atom is 0.251 e. The summed E-state index contributed by atoms with van der Waals surface area (Å²) in [5.74, 6) is -0.0292. The van der Waals surface area contributed by atoms with Gasteiger partial charge < -0.3 is 16.0 Å². The van der Waals surface area contributed by atoms with Crippen molar-refractivity contribution in [3.05, 3.63) is 23.8 Å². The van der Waals surface area contributed by atoms with Gasteiger partial charge in [-0.2, -0.15) is 0 Å². The summed E-state index contributed by atoms with van der Waals surface area (Å²) in [6, 6.07) is 6.15. The van der Waals surface area contributed by atoms with Gasteiger partial charge in [0, 0.05) is 24.7 Å². The summed E-state index contributed by atoms with van der Waals surface area (Å²) in [4.78, 5) is 14.4. The van der Waals surface area contributed by atoms with Crippen LogP contribution in [0.15, 0.2) is 18.2 Å². The number of benzene rings is 1. The fourth-order valence-corrected chi connectivity index (χ4v) is 3.21. The smallest absolute Gasteiger partial charge is 0.251 e. The van der Waals surface area contributed by atoms with Crippen LogP contribution in [0.2, 0.25) is 0 Å². The molecule has 1 fully saturated rings. The van der Waals surface area contributed by atoms with Gasteiger partial charge in [0.05, 0.1) is 11.4 Å². The van der Waals surface area contributed by atoms with Crippen molar-refractivity contribution in [2.75, 3.05) is 23.7 Å². The zero-order chi connectivity index (χ0) is 15.2. The molecule has 1 aliphatic rings. The van der Waals surface area contributed by atoms with E-state index in [1.54, 1.807) is 6.07 Å². The molecule has 21 heavy (non-hydrogen) atoms. The van der Waals surface area contributed by atoms with Crippen LogP contribution in [-0.4, -0.2) is 25.0 Å². The first kappa shape index (κ1) is 15.7. The summed E-state index contributed by atoms with van der Waals surface area (Å²) in [7, 11) is 0. The van der Waals surface area contributed by atoms with E-state index >= 15 is 0 Å². The highest BCUT2D eigenvalue weighted by Gasteiger charge is 2.22. The van der Waals surface area contributed by atoms with Gasteiger partial charge in [0.1, 0.15) is 0 Å². The standard InChI is InChI=1S/C17H27N3O/c1-3-19-17(21)13-10-11-15(18)16(12-13)20(4-2)14-8-6-5-7-9-14/h10-12,14H,3-9,18H2,1-2H3,(H,19,21). The molecule has 1 aliphatic carbocycles. The van der Waals surface area contributed by atoms with Crippen molar-refractivity contribution in [1.29, 1.82) is 0 Å². The summed E-state index contributed by atoms with van der Waals surface area (Å²) in [5, 5.41) is 2.85. The fourth-order valence-electron chi connectivity index (χ4n) is 3.21. The number of amides is 1. The first-order valence-corrected chi connectivity index (χ1v) is 8.11. The molecule has 0 bridgehead atoms. The van der Waals surface area contributed by atoms with E-state index < -0.39 is 0 Å². The number of nitrogens with one attached hydrogen (secondary N) is 1. The zero-order valence-electron chi connectivity index (χ0n) is 13.2. The van der Waals surface area contributed by atoms with Gasteiger partial charge in [-0.3, -0.25) is 4.79 Å². The first-order chi connectivity index (χ1) is 10.2. The molecule has 1 aromatic rings. The maximum absolute atomic E-state index is 12.0. The minimum absolute atomic E-state index is 0.0292. The highest BCUT2D eigenvalue weighted by Crippen LogP contribution is 2.31. The Kier molecular flexibility index (Phi) is 5.48. The van der Waals surface area contributed by atoms with Crippen molar-refractivity contribution in [2.24, 2.45) is 0 Å². The lowest BCUT2D eigenvalue weighted by Gasteiger charge is -2.36. The van der Waals surface area contributed by atoms with Crippen molar-refractivity contribution < 1.29 is 4.79 Å². The number of carbonyl (C=O) groups excluding carboxylic acids is 1. The van der Waals surface area contributed by atoms with E-state index in [1.807, 2.05) is 19.1 Å². The molecule has 4 heteroatoms. The number of nitrogen functional groups attached to an aromatic ring is 1. The van der Waals surface area contributed by atoms with Crippen LogP contribution in [0.5, 0.6) is 0 Å². The maximum atomic E-state index is 12.0. The van der Waals surface area contributed by atoms with E-state index in [0.717, 1.165) is 17.9 Å². The predicted octanol–water partition coefficient (Wildman–Crippen LogP) is 3.18. The van der Waals surface area contributed by atoms with Crippen LogP contribution in [0.1, 0.15) is 56.3 Å². The third-order valence-corrected chi connectivity index (χ3v) is 4.30. The van der Waals surface area contributed by atoms with Gasteiger partial charge in [0.25, 0.3) is 5.91 Å². The largest absolute Gasteiger partial charge is 0.397 e. The Morgan fingerprint density at radius 3 is 2.62 bits per heavy atom. The lowest BCUT2D eigenvalue weighted by Crippen LogP contribution is -2.37. The van der Waals surface area contributed by atoms with E-state index in [2.05, 4.69) is 17.1 Å². The molecule has 0 radical (unpaired) electrons. The molecule has 0 unspecified atom stereocenters. The topological polar surface area (TPSA) is 58.4 Å². The van der Waals surface area contributed by atoms with E-state index in [4.69, 9.17) is 5.73 Å². The van der Waals surface area contributed by atoms with Crippen LogP contribution in [0.4, 0.5) is 11.4 Å². The number of nitrogens with zero attached hydrogens (tertiary/aromatic N) is 1. The minimum atomic E-state index is -0.0292. The van der Waals surface area contributed by atoms with E-state index in [1.165, 1.54) is 32.1 Å². The van der Waals surface area contributed by atoms with Crippen molar-refractivity contribution in [2.45, 2.75) is 52.0 Å². The highest BCUT2D eigenvalue weighted by atomic mass is 16.1. The number of nitrogens with two attached hydrogens (primary N) is 1. The van der Waals surface area contributed by atoms with Crippen molar-refractivity contribution >= 4 is 17.3 Å². The molecule has 0 saturated heterocycles. The number of hydrogen-bond acceptors (Lipinski definition) is 3. The first-order valence-electron chi connectivity index (χ1n) is 8.11. The molecule has 2 rings (SSSR count). The van der Waals surface area contributed by atoms with Crippen LogP contribution >= 0.6 is 0 Å². The molecule has 1 saturated carbocycles. The van der Waals surface area contributed by atoms with Crippen molar-refractivity contribution in [3.63, 3.8) is 0 Å². The van der Waals surface area contributed by atoms with Gasteiger partial charge in [-0.15, -0.1) is 0 Å². The molecule has 1 amide bonds. The van der Waals surface area contributed by atoms with E-state index in [-0.39, 0.29) is 5.91 Å². The Bertz CT molecular complexity index is 481. The molecule has 0 aliphatic heterocycles. The molecule has 0 heterocycles. The molecule has 0 atom stereocenters. The average molecular weight is 289 g/mol. The van der Waals surface area contributed by atoms with Gasteiger partial charge in [-0.1, -0.05) is 19.3 Å². The molecular formula is C17H27N3O. The Hall–Kier alpha value is -1.71. The Labute approximate surface area is 127 Å². The summed E-state index contributed by atoms with van der Waals surface area (Å²) in [6.07, 6.45) is 6.36. The molecule has 0 spiro atoms. The summed E-state index contributed by atoms with van der Waals surface area (Å²) < 4.78 is 0. The summed E-state index contributed by atoms with van der Waals surface area (Å²) >= 11 is 0. The van der Waals surface area contributed by atoms with Crippen LogP contribution in [0.25, 0.3) is 0 Å². The molecule has 3 N–H and O–H groups in total. The summed E-state index contributed by atoms with van der Waals surface area (Å²) in [6.45, 7) is 5.65. The van der Waals surface area contributed by atoms with Crippen LogP contribution in [-0.2, 0) is 0 Å². The number of hydrogen-bond donors (Lipinski definition) is 2. The van der Waals surface area contributed by atoms with Crippen molar-refractivity contribution in [3.8, 4) is 0 Å². The number of rotatable bonds is 5. The highest BCUT2D eigenvalue weighted by molar-refractivity contribution is 5.96. The van der Waals surface area contributed by atoms with E-state index in [9.17, 15) is 4.79 Å². The second-order valence-corrected chi connectivity index (χ2v) is 5.71. The van der Waals surface area contributed by atoms with Crippen molar-refractivity contribution in [1.82, 2.24) is 5.32 Å². The quantitative estimate of drug-likeness (QED) is 0.819. The average Bonchev–Trinajstić information content (AvgIpc) is 2.51. The third kappa shape index (κ3) is 3.69. The zero-order valence-corrected chi connectivity index (χ0v) is 13.2. The molecule has 0 aromatic heterocycles. The molecule has 1 aromatic carbocycles. The second-order valence-electron chi connectivity index (χ2n) is 5.71. The van der Waals surface area contributed by atoms with Gasteiger partial charge >= 0.3 is 0 Å². The second kappa shape index (κ2) is 7.34. The van der Waals surface area contributed by atoms with Crippen LogP contribution in [0, 0.1) is 0 Å². The lowest BCUT2D eigenvalue weighted by atomic mass is 9.93. The fraction of sp³-hybridized carbons (Fsp3) is 0.588. The third-order valence-electron chi connectivity index (χ3n) is 4.30. The Morgan fingerprint density at radius 1 is 1.29 bits per heavy atom. The number of carbonyl (C=O) groups is 1. The monoisotopic (exact) mass is 289 g/mol. The minimum Gasteiger partial charge on any atom is -0.397 e. The Morgan fingerprint density at radius 2 is 2.00 bits per heavy atom. The summed E-state index contributed by atoms with van der Waals surface area (Å²) in [5.41, 5.74) is 8.63. The van der Waals surface area contributed by atoms with Gasteiger partial charge in [0.15, 0.2) is 0 Å². The lowest BCUT2D eigenvalue weighted by molar-refractivity contribution is 0.0956. The normalized spacial score (nSPS) is 15.7. The number of anilines is 2. The van der Waals surface area contributed by atoms with Gasteiger partial charge in [-0.05, 0) is 44.9 Å². The molecule has 4 nitrogen and oxygen atoms in total. The van der Waals surface area contributed by atoms with Gasteiger partial charge in [0.2, 0.25) is 0 Å². The van der Waals surface area contributed by atoms with Gasteiger partial charge in [-0.25, -0.2) is 0 Å². The van der Waals surface area contributed by atoms with Crippen LogP contribution < -0.4 is 16.0 Å². The Balaban J connectivity index is 2.26. The predicted molar refractivity (Wildman–Crippen MR) is 88.8 cm³/mol. The molecule has 116 valence electrons. The van der Waals surface area contributed by atoms with Crippen LogP contribution in [0.3, 0.4) is 0 Å². The molecular weight excluding hydrogens is 262 g/mol.